The third-order valence-electron chi connectivity index (χ3n) is 2.15. The summed E-state index contributed by atoms with van der Waals surface area (Å²) in [6, 6.07) is 0. The molecule has 2 amide bonds. The maximum atomic E-state index is 11.0. The van der Waals surface area contributed by atoms with Crippen LogP contribution in [0.3, 0.4) is 0 Å². The molecule has 0 aromatic carbocycles. The zero-order valence-electron chi connectivity index (χ0n) is 8.27. The van der Waals surface area contributed by atoms with Crippen molar-refractivity contribution in [2.75, 3.05) is 0 Å². The standard InChI is InChI=1S/C9H14N4O2/c10-8(14)3-6(9(11)15)1-2-7-4-12-5-13-7/h4-6H,1-3H2,(H2,10,14)(H2,11,15)(H,12,13). The lowest BCUT2D eigenvalue weighted by atomic mass is 9.97. The minimum absolute atomic E-state index is 0.000242. The molecule has 15 heavy (non-hydrogen) atoms. The molecular formula is C9H14N4O2. The number of amides is 2. The number of aryl methyl sites for hydroxylation is 1. The highest BCUT2D eigenvalue weighted by atomic mass is 16.2. The fourth-order valence-corrected chi connectivity index (χ4v) is 1.34. The Morgan fingerprint density at radius 3 is 2.67 bits per heavy atom. The van der Waals surface area contributed by atoms with Crippen LogP contribution in [0.1, 0.15) is 18.5 Å². The van der Waals surface area contributed by atoms with Crippen LogP contribution < -0.4 is 11.5 Å². The molecule has 1 atom stereocenters. The van der Waals surface area contributed by atoms with Gasteiger partial charge in [0.25, 0.3) is 0 Å². The first-order valence-corrected chi connectivity index (χ1v) is 4.65. The van der Waals surface area contributed by atoms with Gasteiger partial charge in [-0.2, -0.15) is 0 Å². The molecule has 0 saturated heterocycles. The number of hydrogen-bond acceptors (Lipinski definition) is 3. The van der Waals surface area contributed by atoms with Crippen molar-refractivity contribution in [3.8, 4) is 0 Å². The largest absolute Gasteiger partial charge is 0.370 e. The molecule has 1 unspecified atom stereocenters. The van der Waals surface area contributed by atoms with E-state index in [-0.39, 0.29) is 6.42 Å². The van der Waals surface area contributed by atoms with Gasteiger partial charge in [0.15, 0.2) is 0 Å². The van der Waals surface area contributed by atoms with E-state index in [9.17, 15) is 9.59 Å². The Balaban J connectivity index is 2.45. The third kappa shape index (κ3) is 3.80. The second-order valence-corrected chi connectivity index (χ2v) is 3.37. The lowest BCUT2D eigenvalue weighted by Gasteiger charge is -2.09. The van der Waals surface area contributed by atoms with Crippen molar-refractivity contribution in [3.63, 3.8) is 0 Å². The van der Waals surface area contributed by atoms with E-state index in [0.29, 0.717) is 12.8 Å². The number of nitrogens with zero attached hydrogens (tertiary/aromatic N) is 1. The van der Waals surface area contributed by atoms with E-state index in [2.05, 4.69) is 9.97 Å². The monoisotopic (exact) mass is 210 g/mol. The van der Waals surface area contributed by atoms with E-state index < -0.39 is 17.7 Å². The molecule has 5 N–H and O–H groups in total. The first-order chi connectivity index (χ1) is 7.09. The van der Waals surface area contributed by atoms with Crippen molar-refractivity contribution in [3.05, 3.63) is 18.2 Å². The Hall–Kier alpha value is -1.85. The van der Waals surface area contributed by atoms with E-state index in [1.165, 1.54) is 0 Å². The first kappa shape index (κ1) is 11.2. The second-order valence-electron chi connectivity index (χ2n) is 3.37. The molecule has 0 saturated carbocycles. The first-order valence-electron chi connectivity index (χ1n) is 4.65. The van der Waals surface area contributed by atoms with Crippen molar-refractivity contribution >= 4 is 11.8 Å². The van der Waals surface area contributed by atoms with E-state index in [1.54, 1.807) is 12.5 Å². The zero-order valence-corrected chi connectivity index (χ0v) is 8.27. The van der Waals surface area contributed by atoms with Crippen LogP contribution in [-0.4, -0.2) is 21.8 Å². The number of nitrogens with one attached hydrogen (secondary N) is 1. The molecule has 82 valence electrons. The Morgan fingerprint density at radius 2 is 2.20 bits per heavy atom. The predicted molar refractivity (Wildman–Crippen MR) is 53.4 cm³/mol. The molecule has 6 nitrogen and oxygen atoms in total. The summed E-state index contributed by atoms with van der Waals surface area (Å²) in [5, 5.41) is 0. The number of hydrogen-bond donors (Lipinski definition) is 3. The van der Waals surface area contributed by atoms with Crippen LogP contribution >= 0.6 is 0 Å². The van der Waals surface area contributed by atoms with E-state index in [4.69, 9.17) is 11.5 Å². The number of carbonyl (C=O) groups is 2. The van der Waals surface area contributed by atoms with Crippen molar-refractivity contribution in [2.24, 2.45) is 17.4 Å². The summed E-state index contributed by atoms with van der Waals surface area (Å²) in [6.45, 7) is 0. The number of rotatable bonds is 6. The summed E-state index contributed by atoms with van der Waals surface area (Å²) >= 11 is 0. The number of aromatic nitrogens is 2. The Bertz CT molecular complexity index is 334. The molecule has 0 spiro atoms. The van der Waals surface area contributed by atoms with Crippen LogP contribution in [0.2, 0.25) is 0 Å². The van der Waals surface area contributed by atoms with Gasteiger partial charge in [0.1, 0.15) is 0 Å². The maximum absolute atomic E-state index is 11.0. The molecular weight excluding hydrogens is 196 g/mol. The minimum atomic E-state index is -0.513. The molecule has 0 aliphatic rings. The summed E-state index contributed by atoms with van der Waals surface area (Å²) in [7, 11) is 0. The predicted octanol–water partition coefficient (Wildman–Crippen LogP) is -0.681. The van der Waals surface area contributed by atoms with Gasteiger partial charge in [-0.15, -0.1) is 0 Å². The van der Waals surface area contributed by atoms with E-state index in [1.807, 2.05) is 0 Å². The molecule has 1 aromatic rings. The van der Waals surface area contributed by atoms with Gasteiger partial charge in [-0.25, -0.2) is 4.98 Å². The lowest BCUT2D eigenvalue weighted by molar-refractivity contribution is -0.127. The van der Waals surface area contributed by atoms with Gasteiger partial charge < -0.3 is 16.5 Å². The lowest BCUT2D eigenvalue weighted by Crippen LogP contribution is -2.28. The van der Waals surface area contributed by atoms with Crippen molar-refractivity contribution in [1.29, 1.82) is 0 Å². The van der Waals surface area contributed by atoms with Gasteiger partial charge in [0.05, 0.1) is 12.0 Å². The van der Waals surface area contributed by atoms with Crippen LogP contribution in [0.25, 0.3) is 0 Å². The van der Waals surface area contributed by atoms with Crippen LogP contribution in [0.4, 0.5) is 0 Å². The van der Waals surface area contributed by atoms with E-state index in [0.717, 1.165) is 5.69 Å². The van der Waals surface area contributed by atoms with Crippen molar-refractivity contribution < 1.29 is 9.59 Å². The topological polar surface area (TPSA) is 115 Å². The highest BCUT2D eigenvalue weighted by Gasteiger charge is 2.17. The quantitative estimate of drug-likeness (QED) is 0.577. The molecule has 1 aromatic heterocycles. The third-order valence-corrected chi connectivity index (χ3v) is 2.15. The minimum Gasteiger partial charge on any atom is -0.370 e. The summed E-state index contributed by atoms with van der Waals surface area (Å²) in [5.74, 6) is -1.51. The average Bonchev–Trinajstić information content (AvgIpc) is 2.63. The number of carbonyl (C=O) groups excluding carboxylic acids is 2. The molecule has 1 heterocycles. The van der Waals surface area contributed by atoms with Crippen molar-refractivity contribution in [1.82, 2.24) is 9.97 Å². The van der Waals surface area contributed by atoms with Crippen LogP contribution in [-0.2, 0) is 16.0 Å². The van der Waals surface area contributed by atoms with Gasteiger partial charge in [0, 0.05) is 18.5 Å². The molecule has 0 aliphatic heterocycles. The second kappa shape index (κ2) is 5.14. The summed E-state index contributed by atoms with van der Waals surface area (Å²) < 4.78 is 0. The SMILES string of the molecule is NC(=O)CC(CCc1c[nH]cn1)C(N)=O. The number of H-pyrrole nitrogens is 1. The number of imidazole rings is 1. The Labute approximate surface area is 87.1 Å². The smallest absolute Gasteiger partial charge is 0.221 e. The van der Waals surface area contributed by atoms with Crippen molar-refractivity contribution in [2.45, 2.75) is 19.3 Å². The maximum Gasteiger partial charge on any atom is 0.221 e. The van der Waals surface area contributed by atoms with E-state index >= 15 is 0 Å². The number of primary amides is 2. The fraction of sp³-hybridized carbons (Fsp3) is 0.444. The summed E-state index contributed by atoms with van der Waals surface area (Å²) in [4.78, 5) is 28.5. The normalized spacial score (nSPS) is 12.3. The molecule has 0 fully saturated rings. The average molecular weight is 210 g/mol. The number of nitrogens with two attached hydrogens (primary N) is 2. The summed E-state index contributed by atoms with van der Waals surface area (Å²) in [5.41, 5.74) is 11.0. The molecule has 6 heteroatoms. The molecule has 0 bridgehead atoms. The number of aromatic amines is 1. The highest BCUT2D eigenvalue weighted by molar-refractivity contribution is 5.83. The highest BCUT2D eigenvalue weighted by Crippen LogP contribution is 2.11. The Morgan fingerprint density at radius 1 is 1.47 bits per heavy atom. The summed E-state index contributed by atoms with van der Waals surface area (Å²) in [6.07, 6.45) is 4.39. The van der Waals surface area contributed by atoms with Crippen LogP contribution in [0.5, 0.6) is 0 Å². The van der Waals surface area contributed by atoms with Gasteiger partial charge in [0.2, 0.25) is 11.8 Å². The van der Waals surface area contributed by atoms with Gasteiger partial charge in [-0.3, -0.25) is 9.59 Å². The van der Waals surface area contributed by atoms with Gasteiger partial charge in [-0.1, -0.05) is 0 Å². The molecule has 1 rings (SSSR count). The Kier molecular flexibility index (Phi) is 3.84. The molecule has 0 aliphatic carbocycles. The van der Waals surface area contributed by atoms with Gasteiger partial charge >= 0.3 is 0 Å². The van der Waals surface area contributed by atoms with Crippen LogP contribution in [0, 0.1) is 5.92 Å². The van der Waals surface area contributed by atoms with Gasteiger partial charge in [-0.05, 0) is 12.8 Å². The fourth-order valence-electron chi connectivity index (χ4n) is 1.34. The van der Waals surface area contributed by atoms with Crippen LogP contribution in [0.15, 0.2) is 12.5 Å². The molecule has 0 radical (unpaired) electrons. The zero-order chi connectivity index (χ0) is 11.3.